The molecule has 0 saturated carbocycles. The minimum Gasteiger partial charge on any atom is -0.479 e. The molecule has 0 radical (unpaired) electrons. The van der Waals surface area contributed by atoms with Crippen molar-refractivity contribution in [3.63, 3.8) is 0 Å². The second-order valence-electron chi connectivity index (χ2n) is 5.70. The molecule has 1 unspecified atom stereocenters. The largest absolute Gasteiger partial charge is 0.479 e. The summed E-state index contributed by atoms with van der Waals surface area (Å²) in [4.78, 5) is 27.6. The quantitative estimate of drug-likeness (QED) is 0.624. The van der Waals surface area contributed by atoms with Gasteiger partial charge < -0.3 is 15.4 Å². The third-order valence-corrected chi connectivity index (χ3v) is 4.01. The number of pyridine rings is 1. The molecule has 0 aliphatic heterocycles. The number of aliphatic carboxylic acids is 1. The van der Waals surface area contributed by atoms with Crippen LogP contribution in [-0.2, 0) is 4.79 Å². The summed E-state index contributed by atoms with van der Waals surface area (Å²) in [5, 5.41) is 13.3. The molecular formula is C17H17N5O2. The van der Waals surface area contributed by atoms with Crippen LogP contribution in [0.4, 0.5) is 5.82 Å². The normalized spacial score (nSPS) is 13.4. The molecule has 0 aromatic carbocycles. The summed E-state index contributed by atoms with van der Waals surface area (Å²) in [5.74, 6) is -0.133. The van der Waals surface area contributed by atoms with Gasteiger partial charge in [-0.15, -0.1) is 0 Å². The molecule has 0 spiro atoms. The first-order valence-corrected chi connectivity index (χ1v) is 7.35. The van der Waals surface area contributed by atoms with Crippen molar-refractivity contribution < 1.29 is 9.90 Å². The van der Waals surface area contributed by atoms with Crippen LogP contribution in [0, 0.1) is 0 Å². The molecule has 7 heteroatoms. The number of rotatable bonds is 5. The Balaban J connectivity index is 2.01. The van der Waals surface area contributed by atoms with E-state index in [-0.39, 0.29) is 0 Å². The lowest BCUT2D eigenvalue weighted by Gasteiger charge is -2.27. The van der Waals surface area contributed by atoms with Crippen LogP contribution in [0.5, 0.6) is 0 Å². The van der Waals surface area contributed by atoms with E-state index in [0.717, 1.165) is 16.6 Å². The number of carboxylic acids is 1. The maximum atomic E-state index is 11.6. The molecule has 1 atom stereocenters. The van der Waals surface area contributed by atoms with E-state index in [2.05, 4.69) is 31.8 Å². The van der Waals surface area contributed by atoms with Crippen molar-refractivity contribution in [3.8, 4) is 11.4 Å². The lowest BCUT2D eigenvalue weighted by atomic mass is 9.94. The van der Waals surface area contributed by atoms with E-state index >= 15 is 0 Å². The van der Waals surface area contributed by atoms with E-state index in [0.29, 0.717) is 17.2 Å². The number of nitrogens with one attached hydrogen (secondary N) is 2. The molecule has 122 valence electrons. The van der Waals surface area contributed by atoms with Gasteiger partial charge in [0.2, 0.25) is 0 Å². The molecule has 0 amide bonds. The fraction of sp³-hybridized carbons (Fsp3) is 0.176. The summed E-state index contributed by atoms with van der Waals surface area (Å²) >= 11 is 0. The van der Waals surface area contributed by atoms with Crippen molar-refractivity contribution in [2.45, 2.75) is 19.4 Å². The number of nitrogens with zero attached hydrogens (tertiary/aromatic N) is 3. The van der Waals surface area contributed by atoms with E-state index < -0.39 is 11.5 Å². The minimum atomic E-state index is -1.31. The first kappa shape index (κ1) is 15.7. The third-order valence-electron chi connectivity index (χ3n) is 4.01. The van der Waals surface area contributed by atoms with Crippen molar-refractivity contribution in [3.05, 3.63) is 48.9 Å². The van der Waals surface area contributed by atoms with Gasteiger partial charge in [0.15, 0.2) is 11.4 Å². The summed E-state index contributed by atoms with van der Waals surface area (Å²) in [7, 11) is 0. The van der Waals surface area contributed by atoms with Crippen molar-refractivity contribution >= 4 is 22.8 Å². The van der Waals surface area contributed by atoms with Gasteiger partial charge in [-0.05, 0) is 37.6 Å². The number of H-pyrrole nitrogens is 1. The maximum Gasteiger partial charge on any atom is 0.333 e. The first-order valence-electron chi connectivity index (χ1n) is 7.35. The summed E-state index contributed by atoms with van der Waals surface area (Å²) < 4.78 is 0. The van der Waals surface area contributed by atoms with Crippen molar-refractivity contribution in [2.24, 2.45) is 0 Å². The number of hydrogen-bond acceptors (Lipinski definition) is 5. The highest BCUT2D eigenvalue weighted by Gasteiger charge is 2.34. The van der Waals surface area contributed by atoms with Gasteiger partial charge in [0, 0.05) is 29.5 Å². The van der Waals surface area contributed by atoms with Gasteiger partial charge in [-0.3, -0.25) is 0 Å². The first-order chi connectivity index (χ1) is 11.4. The summed E-state index contributed by atoms with van der Waals surface area (Å²) in [6.45, 7) is 6.97. The zero-order valence-electron chi connectivity index (χ0n) is 13.4. The SMILES string of the molecule is C=C(C)C(C)(Nc1ccnc(-c2c[nH]c3ncccc23)n1)C(=O)O. The lowest BCUT2D eigenvalue weighted by Crippen LogP contribution is -2.44. The Labute approximate surface area is 138 Å². The minimum absolute atomic E-state index is 0.408. The number of aromatic nitrogens is 4. The van der Waals surface area contributed by atoms with E-state index in [1.165, 1.54) is 0 Å². The standard InChI is InChI=1S/C17H17N5O2/c1-10(2)17(3,16(23)24)22-13-6-8-19-15(21-13)12-9-20-14-11(12)5-4-7-18-14/h4-9H,1H2,2-3H3,(H,18,20)(H,23,24)(H,19,21,22). The molecule has 24 heavy (non-hydrogen) atoms. The zero-order valence-corrected chi connectivity index (χ0v) is 13.4. The highest BCUT2D eigenvalue weighted by atomic mass is 16.4. The van der Waals surface area contributed by atoms with Gasteiger partial charge in [0.1, 0.15) is 11.5 Å². The van der Waals surface area contributed by atoms with Gasteiger partial charge in [-0.1, -0.05) is 6.58 Å². The second-order valence-corrected chi connectivity index (χ2v) is 5.70. The molecule has 3 heterocycles. The number of carboxylic acid groups (broad SMARTS) is 1. The molecule has 3 rings (SSSR count). The highest BCUT2D eigenvalue weighted by Crippen LogP contribution is 2.26. The second kappa shape index (κ2) is 5.77. The predicted octanol–water partition coefficient (Wildman–Crippen LogP) is 2.85. The van der Waals surface area contributed by atoms with Crippen LogP contribution in [-0.4, -0.2) is 36.6 Å². The molecule has 7 nitrogen and oxygen atoms in total. The third kappa shape index (κ3) is 2.60. The molecule has 3 N–H and O–H groups in total. The van der Waals surface area contributed by atoms with Crippen molar-refractivity contribution in [1.82, 2.24) is 19.9 Å². The van der Waals surface area contributed by atoms with Crippen LogP contribution in [0.25, 0.3) is 22.4 Å². The van der Waals surface area contributed by atoms with Crippen molar-refractivity contribution in [2.75, 3.05) is 5.32 Å². The topological polar surface area (TPSA) is 104 Å². The fourth-order valence-electron chi connectivity index (χ4n) is 2.30. The van der Waals surface area contributed by atoms with Crippen molar-refractivity contribution in [1.29, 1.82) is 0 Å². The Morgan fingerprint density at radius 3 is 2.83 bits per heavy atom. The van der Waals surface area contributed by atoms with E-state index in [1.807, 2.05) is 12.1 Å². The molecule has 0 fully saturated rings. The number of carbonyl (C=O) groups is 1. The Morgan fingerprint density at radius 1 is 1.33 bits per heavy atom. The van der Waals surface area contributed by atoms with Crippen LogP contribution in [0.15, 0.2) is 48.9 Å². The number of hydrogen-bond donors (Lipinski definition) is 3. The number of aromatic amines is 1. The van der Waals surface area contributed by atoms with E-state index in [1.54, 1.807) is 38.5 Å². The molecule has 0 aliphatic carbocycles. The van der Waals surface area contributed by atoms with Crippen LogP contribution in [0.3, 0.4) is 0 Å². The van der Waals surface area contributed by atoms with Crippen LogP contribution in [0.1, 0.15) is 13.8 Å². The van der Waals surface area contributed by atoms with Gasteiger partial charge in [0.25, 0.3) is 0 Å². The lowest BCUT2D eigenvalue weighted by molar-refractivity contribution is -0.140. The van der Waals surface area contributed by atoms with Crippen LogP contribution < -0.4 is 5.32 Å². The van der Waals surface area contributed by atoms with Crippen LogP contribution in [0.2, 0.25) is 0 Å². The molecule has 3 aromatic heterocycles. The zero-order chi connectivity index (χ0) is 17.3. The summed E-state index contributed by atoms with van der Waals surface area (Å²) in [6, 6.07) is 5.39. The smallest absolute Gasteiger partial charge is 0.333 e. The Morgan fingerprint density at radius 2 is 2.12 bits per heavy atom. The monoisotopic (exact) mass is 323 g/mol. The van der Waals surface area contributed by atoms with Gasteiger partial charge in [0.05, 0.1) is 0 Å². The summed E-state index contributed by atoms with van der Waals surface area (Å²) in [6.07, 6.45) is 5.07. The number of anilines is 1. The van der Waals surface area contributed by atoms with E-state index in [4.69, 9.17) is 0 Å². The summed E-state index contributed by atoms with van der Waals surface area (Å²) in [5.41, 5.74) is 0.709. The number of fused-ring (bicyclic) bond motifs is 1. The average Bonchev–Trinajstić information content (AvgIpc) is 2.98. The molecule has 0 saturated heterocycles. The van der Waals surface area contributed by atoms with Crippen LogP contribution >= 0.6 is 0 Å². The molecule has 0 aliphatic rings. The molecule has 0 bridgehead atoms. The molecular weight excluding hydrogens is 306 g/mol. The Bertz CT molecular complexity index is 917. The Hall–Kier alpha value is -3.22. The molecule has 3 aromatic rings. The average molecular weight is 323 g/mol. The van der Waals surface area contributed by atoms with Gasteiger partial charge in [-0.25, -0.2) is 19.7 Å². The maximum absolute atomic E-state index is 11.6. The van der Waals surface area contributed by atoms with Gasteiger partial charge >= 0.3 is 5.97 Å². The van der Waals surface area contributed by atoms with Gasteiger partial charge in [-0.2, -0.15) is 0 Å². The Kier molecular flexibility index (Phi) is 3.76. The fourth-order valence-corrected chi connectivity index (χ4v) is 2.30. The van der Waals surface area contributed by atoms with E-state index in [9.17, 15) is 9.90 Å². The highest BCUT2D eigenvalue weighted by molar-refractivity contribution is 5.91. The predicted molar refractivity (Wildman–Crippen MR) is 91.6 cm³/mol.